The molecule has 0 N–H and O–H groups in total. The molecule has 0 aliphatic rings. The standard InChI is InChI=1S/C24H16ClF4N3O4/c1-31-21(24(27,28)29)11-22(33)32(23(31)34)17-10-19(15(25)9-16(17)26)36-20-12-30-8-7-18(20)35-13-14-5-3-2-4-6-14/h2-12H,13H2,1H3. The molecule has 7 nitrogen and oxygen atoms in total. The average molecular weight is 522 g/mol. The van der Waals surface area contributed by atoms with Crippen LogP contribution in [-0.4, -0.2) is 14.1 Å². The van der Waals surface area contributed by atoms with Crippen LogP contribution >= 0.6 is 11.6 Å². The van der Waals surface area contributed by atoms with Crippen molar-refractivity contribution >= 4 is 11.6 Å². The minimum Gasteiger partial charge on any atom is -0.485 e. The van der Waals surface area contributed by atoms with Crippen LogP contribution in [0.2, 0.25) is 5.02 Å². The summed E-state index contributed by atoms with van der Waals surface area (Å²) in [5.74, 6) is -0.975. The van der Waals surface area contributed by atoms with E-state index in [0.29, 0.717) is 0 Å². The topological polar surface area (TPSA) is 75.3 Å². The molecule has 0 saturated carbocycles. The summed E-state index contributed by atoms with van der Waals surface area (Å²) in [5.41, 5.74) is -4.04. The van der Waals surface area contributed by atoms with E-state index in [1.54, 1.807) is 0 Å². The maximum Gasteiger partial charge on any atom is 0.431 e. The lowest BCUT2D eigenvalue weighted by Crippen LogP contribution is -2.41. The summed E-state index contributed by atoms with van der Waals surface area (Å²) in [6, 6.07) is 12.7. The number of hydrogen-bond donors (Lipinski definition) is 0. The van der Waals surface area contributed by atoms with Gasteiger partial charge in [0.15, 0.2) is 11.5 Å². The van der Waals surface area contributed by atoms with E-state index in [1.165, 1.54) is 18.5 Å². The summed E-state index contributed by atoms with van der Waals surface area (Å²) in [7, 11) is 0.818. The molecule has 0 aliphatic heterocycles. The molecule has 4 rings (SSSR count). The van der Waals surface area contributed by atoms with Crippen LogP contribution in [0.15, 0.2) is 76.6 Å². The Hall–Kier alpha value is -4.12. The van der Waals surface area contributed by atoms with Gasteiger partial charge in [-0.05, 0) is 11.6 Å². The lowest BCUT2D eigenvalue weighted by Gasteiger charge is -2.16. The lowest BCUT2D eigenvalue weighted by atomic mass is 10.2. The van der Waals surface area contributed by atoms with Crippen LogP contribution in [-0.2, 0) is 19.8 Å². The van der Waals surface area contributed by atoms with Crippen molar-refractivity contribution in [2.24, 2.45) is 7.05 Å². The molecule has 2 heterocycles. The largest absolute Gasteiger partial charge is 0.485 e. The second-order valence-electron chi connectivity index (χ2n) is 7.48. The van der Waals surface area contributed by atoms with Crippen LogP contribution < -0.4 is 20.7 Å². The van der Waals surface area contributed by atoms with Crippen molar-refractivity contribution in [3.8, 4) is 22.9 Å². The number of hydrogen-bond acceptors (Lipinski definition) is 5. The van der Waals surface area contributed by atoms with E-state index < -0.39 is 34.6 Å². The second kappa shape index (κ2) is 9.86. The third-order valence-electron chi connectivity index (χ3n) is 5.06. The van der Waals surface area contributed by atoms with E-state index in [-0.39, 0.29) is 44.1 Å². The van der Waals surface area contributed by atoms with Crippen molar-refractivity contribution in [2.75, 3.05) is 0 Å². The van der Waals surface area contributed by atoms with E-state index in [2.05, 4.69) is 4.98 Å². The highest BCUT2D eigenvalue weighted by Crippen LogP contribution is 2.36. The summed E-state index contributed by atoms with van der Waals surface area (Å²) < 4.78 is 66.2. The first-order valence-electron chi connectivity index (χ1n) is 10.2. The maximum atomic E-state index is 14.8. The first-order valence-corrected chi connectivity index (χ1v) is 10.6. The van der Waals surface area contributed by atoms with Gasteiger partial charge >= 0.3 is 11.9 Å². The van der Waals surface area contributed by atoms with E-state index in [1.807, 2.05) is 30.3 Å². The SMILES string of the molecule is Cn1c(C(F)(F)F)cc(=O)n(-c2cc(Oc3cnccc3OCc3ccccc3)c(Cl)cc2F)c1=O. The van der Waals surface area contributed by atoms with Crippen molar-refractivity contribution in [1.82, 2.24) is 14.1 Å². The van der Waals surface area contributed by atoms with Crippen molar-refractivity contribution < 1.29 is 27.0 Å². The van der Waals surface area contributed by atoms with Gasteiger partial charge in [-0.2, -0.15) is 13.2 Å². The minimum absolute atomic E-state index is 0.0839. The molecule has 12 heteroatoms. The molecule has 2 aromatic carbocycles. The number of nitrogens with zero attached hydrogens (tertiary/aromatic N) is 3. The van der Waals surface area contributed by atoms with Crippen LogP contribution in [0.1, 0.15) is 11.3 Å². The van der Waals surface area contributed by atoms with Gasteiger partial charge in [0.1, 0.15) is 23.9 Å². The molecule has 0 atom stereocenters. The maximum absolute atomic E-state index is 14.8. The fourth-order valence-corrected chi connectivity index (χ4v) is 3.49. The monoisotopic (exact) mass is 521 g/mol. The van der Waals surface area contributed by atoms with Gasteiger partial charge in [0.05, 0.1) is 16.9 Å². The summed E-state index contributed by atoms with van der Waals surface area (Å²) in [6.45, 7) is 0.195. The van der Waals surface area contributed by atoms with Crippen molar-refractivity contribution in [3.63, 3.8) is 0 Å². The third-order valence-corrected chi connectivity index (χ3v) is 5.35. The average Bonchev–Trinajstić information content (AvgIpc) is 2.83. The van der Waals surface area contributed by atoms with Crippen LogP contribution in [0.3, 0.4) is 0 Å². The predicted octanol–water partition coefficient (Wildman–Crippen LogP) is 5.11. The minimum atomic E-state index is -4.96. The van der Waals surface area contributed by atoms with Gasteiger partial charge in [-0.15, -0.1) is 0 Å². The lowest BCUT2D eigenvalue weighted by molar-refractivity contribution is -0.144. The summed E-state index contributed by atoms with van der Waals surface area (Å²) in [4.78, 5) is 29.0. The van der Waals surface area contributed by atoms with Gasteiger partial charge in [-0.1, -0.05) is 41.9 Å². The summed E-state index contributed by atoms with van der Waals surface area (Å²) in [6.07, 6.45) is -2.20. The highest BCUT2D eigenvalue weighted by atomic mass is 35.5. The number of ether oxygens (including phenoxy) is 2. The first-order chi connectivity index (χ1) is 17.1. The van der Waals surface area contributed by atoms with Gasteiger partial charge < -0.3 is 9.47 Å². The number of rotatable bonds is 6. The molecular formula is C24H16ClF4N3O4. The smallest absolute Gasteiger partial charge is 0.431 e. The van der Waals surface area contributed by atoms with E-state index in [0.717, 1.165) is 24.7 Å². The Kier molecular flexibility index (Phi) is 6.84. The van der Waals surface area contributed by atoms with E-state index in [4.69, 9.17) is 21.1 Å². The van der Waals surface area contributed by atoms with Crippen molar-refractivity contribution in [1.29, 1.82) is 0 Å². The molecule has 2 aromatic heterocycles. The normalized spacial score (nSPS) is 11.4. The molecule has 36 heavy (non-hydrogen) atoms. The number of benzene rings is 2. The number of pyridine rings is 1. The molecule has 0 aliphatic carbocycles. The molecular weight excluding hydrogens is 506 g/mol. The first kappa shape index (κ1) is 25.0. The van der Waals surface area contributed by atoms with Crippen molar-refractivity contribution in [2.45, 2.75) is 12.8 Å². The van der Waals surface area contributed by atoms with Crippen LogP contribution in [0.25, 0.3) is 5.69 Å². The van der Waals surface area contributed by atoms with Gasteiger partial charge in [-0.25, -0.2) is 13.8 Å². The zero-order valence-electron chi connectivity index (χ0n) is 18.4. The highest BCUT2D eigenvalue weighted by Gasteiger charge is 2.35. The third kappa shape index (κ3) is 5.10. The fraction of sp³-hybridized carbons (Fsp3) is 0.125. The fourth-order valence-electron chi connectivity index (χ4n) is 3.30. The molecule has 0 bridgehead atoms. The Morgan fingerprint density at radius 3 is 2.42 bits per heavy atom. The molecule has 4 aromatic rings. The quantitative estimate of drug-likeness (QED) is 0.329. The predicted molar refractivity (Wildman–Crippen MR) is 122 cm³/mol. The number of aromatic nitrogens is 3. The summed E-state index contributed by atoms with van der Waals surface area (Å²) in [5, 5.41) is -0.231. The Bertz CT molecular complexity index is 1540. The Morgan fingerprint density at radius 1 is 1.00 bits per heavy atom. The summed E-state index contributed by atoms with van der Waals surface area (Å²) >= 11 is 6.11. The molecule has 186 valence electrons. The van der Waals surface area contributed by atoms with Crippen molar-refractivity contribution in [3.05, 3.63) is 110 Å². The Labute approximate surface area is 205 Å². The molecule has 0 radical (unpaired) electrons. The highest BCUT2D eigenvalue weighted by molar-refractivity contribution is 6.32. The number of alkyl halides is 3. The molecule has 0 saturated heterocycles. The molecule has 0 fully saturated rings. The van der Waals surface area contributed by atoms with Gasteiger partial charge in [0.25, 0.3) is 5.56 Å². The zero-order chi connectivity index (χ0) is 26.0. The number of halogens is 5. The zero-order valence-corrected chi connectivity index (χ0v) is 19.2. The van der Waals surface area contributed by atoms with Crippen LogP contribution in [0, 0.1) is 5.82 Å². The van der Waals surface area contributed by atoms with Crippen LogP contribution in [0.4, 0.5) is 17.6 Å². The molecule has 0 spiro atoms. The van der Waals surface area contributed by atoms with E-state index in [9.17, 15) is 27.2 Å². The molecule has 0 unspecified atom stereocenters. The van der Waals surface area contributed by atoms with Crippen LogP contribution in [0.5, 0.6) is 17.2 Å². The Morgan fingerprint density at radius 2 is 1.72 bits per heavy atom. The molecule has 0 amide bonds. The van der Waals surface area contributed by atoms with Gasteiger partial charge in [0, 0.05) is 31.4 Å². The second-order valence-corrected chi connectivity index (χ2v) is 7.88. The van der Waals surface area contributed by atoms with Gasteiger partial charge in [0.2, 0.25) is 0 Å². The van der Waals surface area contributed by atoms with Gasteiger partial charge in [-0.3, -0.25) is 14.3 Å². The Balaban J connectivity index is 1.73. The van der Waals surface area contributed by atoms with E-state index >= 15 is 0 Å².